The number of hydrogen-bond acceptors (Lipinski definition) is 4. The largest absolute Gasteiger partial charge is 0.294 e. The van der Waals surface area contributed by atoms with Gasteiger partial charge in [-0.3, -0.25) is 4.79 Å². The summed E-state index contributed by atoms with van der Waals surface area (Å²) in [6.45, 7) is 0. The summed E-state index contributed by atoms with van der Waals surface area (Å²) in [6.07, 6.45) is 2.07. The fourth-order valence-corrected chi connectivity index (χ4v) is 3.55. The maximum atomic E-state index is 12.7. The number of carbonyl (C=O) groups excluding carboxylic acids is 1. The second-order valence-electron chi connectivity index (χ2n) is 5.98. The first-order chi connectivity index (χ1) is 12.8. The monoisotopic (exact) mass is 359 g/mol. The van der Waals surface area contributed by atoms with E-state index in [0.717, 1.165) is 22.4 Å². The molecule has 0 N–H and O–H groups in total. The molecule has 0 spiro atoms. The first-order valence-corrected chi connectivity index (χ1v) is 9.33. The van der Waals surface area contributed by atoms with Crippen molar-refractivity contribution in [2.75, 3.05) is 0 Å². The molecule has 0 bridgehead atoms. The van der Waals surface area contributed by atoms with Crippen molar-refractivity contribution in [3.8, 4) is 11.3 Å². The van der Waals surface area contributed by atoms with Gasteiger partial charge in [-0.25, -0.2) is 0 Å². The van der Waals surface area contributed by atoms with Crippen molar-refractivity contribution in [1.29, 1.82) is 0 Å². The number of aromatic nitrogens is 3. The van der Waals surface area contributed by atoms with Crippen LogP contribution >= 0.6 is 11.3 Å². The fraction of sp³-hybridized carbons (Fsp3) is 0.0952. The number of rotatable bonds is 6. The van der Waals surface area contributed by atoms with E-state index in [4.69, 9.17) is 0 Å². The van der Waals surface area contributed by atoms with E-state index in [-0.39, 0.29) is 11.8 Å². The molecule has 4 aromatic rings. The summed E-state index contributed by atoms with van der Waals surface area (Å²) in [5.74, 6) is 0.0960. The first kappa shape index (κ1) is 16.4. The molecule has 0 aliphatic heterocycles. The Bertz CT molecular complexity index is 979. The summed E-state index contributed by atoms with van der Waals surface area (Å²) in [7, 11) is 0. The summed E-state index contributed by atoms with van der Waals surface area (Å²) in [5.41, 5.74) is 3.57. The van der Waals surface area contributed by atoms with Gasteiger partial charge in [0.2, 0.25) is 0 Å². The smallest absolute Gasteiger partial charge is 0.166 e. The van der Waals surface area contributed by atoms with Crippen molar-refractivity contribution in [2.45, 2.75) is 12.5 Å². The molecule has 2 aromatic carbocycles. The number of hydrogen-bond donors (Lipinski definition) is 0. The summed E-state index contributed by atoms with van der Waals surface area (Å²) < 4.78 is 0. The highest BCUT2D eigenvalue weighted by Gasteiger charge is 2.21. The summed E-state index contributed by atoms with van der Waals surface area (Å²) >= 11 is 1.53. The molecule has 4 nitrogen and oxygen atoms in total. The number of ketones is 1. The van der Waals surface area contributed by atoms with Crippen molar-refractivity contribution in [3.05, 3.63) is 94.8 Å². The molecule has 4 rings (SSSR count). The van der Waals surface area contributed by atoms with Crippen molar-refractivity contribution >= 4 is 17.1 Å². The zero-order valence-electron chi connectivity index (χ0n) is 14.0. The average Bonchev–Trinajstić information content (AvgIpc) is 3.39. The minimum absolute atomic E-state index is 0.0960. The number of carbonyl (C=O) groups is 1. The minimum atomic E-state index is -0.235. The second kappa shape index (κ2) is 7.45. The molecular weight excluding hydrogens is 342 g/mol. The van der Waals surface area contributed by atoms with Gasteiger partial charge in [0.05, 0.1) is 6.20 Å². The minimum Gasteiger partial charge on any atom is -0.294 e. The van der Waals surface area contributed by atoms with E-state index in [1.165, 1.54) is 11.3 Å². The highest BCUT2D eigenvalue weighted by molar-refractivity contribution is 7.08. The van der Waals surface area contributed by atoms with E-state index in [2.05, 4.69) is 10.2 Å². The number of thiophene rings is 1. The second-order valence-corrected chi connectivity index (χ2v) is 6.76. The molecule has 0 amide bonds. The number of Topliss-reactive ketones (excluding diaryl/α,β-unsaturated/α-hetero) is 1. The molecular formula is C21H17N3OS. The summed E-state index contributed by atoms with van der Waals surface area (Å²) in [5, 5.41) is 12.9. The Morgan fingerprint density at radius 1 is 1.00 bits per heavy atom. The molecule has 1 unspecified atom stereocenters. The number of benzene rings is 2. The molecule has 26 heavy (non-hydrogen) atoms. The van der Waals surface area contributed by atoms with E-state index >= 15 is 0 Å². The van der Waals surface area contributed by atoms with Gasteiger partial charge in [-0.1, -0.05) is 60.7 Å². The Morgan fingerprint density at radius 3 is 2.42 bits per heavy atom. The zero-order chi connectivity index (χ0) is 17.8. The van der Waals surface area contributed by atoms with E-state index in [1.54, 1.807) is 11.0 Å². The quantitative estimate of drug-likeness (QED) is 0.462. The predicted molar refractivity (Wildman–Crippen MR) is 103 cm³/mol. The van der Waals surface area contributed by atoms with Gasteiger partial charge in [0.1, 0.15) is 11.7 Å². The molecule has 0 aliphatic carbocycles. The van der Waals surface area contributed by atoms with Crippen LogP contribution in [0.15, 0.2) is 83.7 Å². The van der Waals surface area contributed by atoms with Crippen LogP contribution in [0.1, 0.15) is 28.4 Å². The van der Waals surface area contributed by atoms with Crippen molar-refractivity contribution in [1.82, 2.24) is 15.0 Å². The third kappa shape index (κ3) is 3.48. The third-order valence-corrected chi connectivity index (χ3v) is 4.95. The van der Waals surface area contributed by atoms with E-state index in [0.29, 0.717) is 6.42 Å². The summed E-state index contributed by atoms with van der Waals surface area (Å²) in [4.78, 5) is 14.3. The van der Waals surface area contributed by atoms with Gasteiger partial charge >= 0.3 is 0 Å². The van der Waals surface area contributed by atoms with Crippen LogP contribution in [0.3, 0.4) is 0 Å². The molecule has 2 heterocycles. The van der Waals surface area contributed by atoms with Crippen LogP contribution in [0.2, 0.25) is 0 Å². The molecule has 0 saturated carbocycles. The van der Waals surface area contributed by atoms with Gasteiger partial charge in [0.25, 0.3) is 0 Å². The molecule has 0 saturated heterocycles. The maximum absolute atomic E-state index is 12.7. The van der Waals surface area contributed by atoms with Gasteiger partial charge in [-0.2, -0.15) is 26.3 Å². The van der Waals surface area contributed by atoms with E-state index in [1.807, 2.05) is 77.5 Å². The lowest BCUT2D eigenvalue weighted by atomic mass is 10.00. The Balaban J connectivity index is 1.67. The topological polar surface area (TPSA) is 47.8 Å². The Morgan fingerprint density at radius 2 is 1.73 bits per heavy atom. The Hall–Kier alpha value is -3.05. The lowest BCUT2D eigenvalue weighted by Crippen LogP contribution is -2.18. The Kier molecular flexibility index (Phi) is 4.71. The van der Waals surface area contributed by atoms with Gasteiger partial charge < -0.3 is 0 Å². The van der Waals surface area contributed by atoms with E-state index in [9.17, 15) is 4.79 Å². The van der Waals surface area contributed by atoms with E-state index < -0.39 is 0 Å². The highest BCUT2D eigenvalue weighted by Crippen LogP contribution is 2.25. The normalized spacial score (nSPS) is 12.0. The average molecular weight is 359 g/mol. The molecule has 128 valence electrons. The van der Waals surface area contributed by atoms with Crippen LogP contribution in [0, 0.1) is 0 Å². The molecule has 5 heteroatoms. The summed E-state index contributed by atoms with van der Waals surface area (Å²) in [6, 6.07) is 21.5. The first-order valence-electron chi connectivity index (χ1n) is 8.39. The van der Waals surface area contributed by atoms with Gasteiger partial charge in [0, 0.05) is 22.9 Å². The predicted octanol–water partition coefficient (Wildman–Crippen LogP) is 4.87. The SMILES string of the molecule is O=C(CC(c1ccccc1)n1ncc(-c2ccccc2)n1)c1ccsc1. The van der Waals surface area contributed by atoms with Crippen LogP contribution in [-0.2, 0) is 0 Å². The Labute approximate surface area is 155 Å². The van der Waals surface area contributed by atoms with Crippen molar-refractivity contribution < 1.29 is 4.79 Å². The highest BCUT2D eigenvalue weighted by atomic mass is 32.1. The molecule has 2 aromatic heterocycles. The maximum Gasteiger partial charge on any atom is 0.166 e. The molecule has 0 aliphatic rings. The van der Waals surface area contributed by atoms with Gasteiger partial charge in [0.15, 0.2) is 5.78 Å². The third-order valence-electron chi connectivity index (χ3n) is 4.26. The van der Waals surface area contributed by atoms with Gasteiger partial charge in [-0.15, -0.1) is 0 Å². The van der Waals surface area contributed by atoms with Crippen LogP contribution in [0.4, 0.5) is 0 Å². The van der Waals surface area contributed by atoms with Crippen molar-refractivity contribution in [2.24, 2.45) is 0 Å². The van der Waals surface area contributed by atoms with Gasteiger partial charge in [-0.05, 0) is 17.0 Å². The fourth-order valence-electron chi connectivity index (χ4n) is 2.89. The standard InChI is InChI=1S/C21H17N3OS/c25-21(18-11-12-26-15-18)13-20(17-9-5-2-6-10-17)24-22-14-19(23-24)16-7-3-1-4-8-16/h1-12,14-15,20H,13H2. The van der Waals surface area contributed by atoms with Crippen LogP contribution in [-0.4, -0.2) is 20.8 Å². The molecule has 0 radical (unpaired) electrons. The molecule has 1 atom stereocenters. The molecule has 0 fully saturated rings. The van der Waals surface area contributed by atoms with Crippen LogP contribution in [0.5, 0.6) is 0 Å². The van der Waals surface area contributed by atoms with Crippen LogP contribution in [0.25, 0.3) is 11.3 Å². The van der Waals surface area contributed by atoms with Crippen molar-refractivity contribution in [3.63, 3.8) is 0 Å². The zero-order valence-corrected chi connectivity index (χ0v) is 14.8. The lowest BCUT2D eigenvalue weighted by molar-refractivity contribution is 0.0965. The van der Waals surface area contributed by atoms with Crippen LogP contribution < -0.4 is 0 Å². The number of nitrogens with zero attached hydrogens (tertiary/aromatic N) is 3. The lowest BCUT2D eigenvalue weighted by Gasteiger charge is -2.16.